The maximum atomic E-state index is 12.2. The first-order valence-electron chi connectivity index (χ1n) is 28.1. The highest BCUT2D eigenvalue weighted by Crippen LogP contribution is 2.37. The third kappa shape index (κ3) is 20.1. The van der Waals surface area contributed by atoms with Gasteiger partial charge in [0.25, 0.3) is 0 Å². The van der Waals surface area contributed by atoms with Crippen molar-refractivity contribution in [2.45, 2.75) is 250 Å². The Bertz CT molecular complexity index is 2630. The van der Waals surface area contributed by atoms with Crippen LogP contribution in [-0.2, 0) is 33.5 Å². The van der Waals surface area contributed by atoms with E-state index in [9.17, 15) is 4.79 Å². The zero-order chi connectivity index (χ0) is 57.2. The van der Waals surface area contributed by atoms with E-state index in [1.54, 1.807) is 6.07 Å². The fraction of sp³-hybridized carbons (Fsp3) is 0.557. The van der Waals surface area contributed by atoms with Gasteiger partial charge in [-0.05, 0) is 127 Å². The van der Waals surface area contributed by atoms with Crippen LogP contribution in [0.15, 0.2) is 113 Å². The highest BCUT2D eigenvalue weighted by atomic mass is 16.5. The number of hydrogen-bond acceptors (Lipinski definition) is 5. The van der Waals surface area contributed by atoms with E-state index in [1.807, 2.05) is 51.4 Å². The lowest BCUT2D eigenvalue weighted by atomic mass is 9.83. The van der Waals surface area contributed by atoms with Gasteiger partial charge in [-0.25, -0.2) is 0 Å². The summed E-state index contributed by atoms with van der Waals surface area (Å²) in [6.07, 6.45) is 6.63. The van der Waals surface area contributed by atoms with Crippen LogP contribution in [0.3, 0.4) is 0 Å². The Morgan fingerprint density at radius 2 is 0.933 bits per heavy atom. The molecule has 4 heterocycles. The highest BCUT2D eigenvalue weighted by molar-refractivity contribution is 5.77. The number of nitrogens with zero attached hydrogens (tertiary/aromatic N) is 2. The van der Waals surface area contributed by atoms with E-state index >= 15 is 0 Å². The number of hydrogen-bond donors (Lipinski definition) is 0. The van der Waals surface area contributed by atoms with Crippen LogP contribution in [0.25, 0.3) is 11.0 Å². The van der Waals surface area contributed by atoms with E-state index < -0.39 is 0 Å². The van der Waals surface area contributed by atoms with Crippen molar-refractivity contribution in [2.75, 3.05) is 0 Å². The molecule has 0 saturated heterocycles. The number of aromatic nitrogens is 2. The molecule has 75 heavy (non-hydrogen) atoms. The first kappa shape index (κ1) is 64.3. The SMILES string of the molecule is CC(C)(C)c1ccc(C(C)(C)C)nc1.CC(C)c1ccc(C(C)(C)C)cc1.CC(C)c1ccc(C(C)(C)C)cn1.CC(C)c1ccc2c(c1)CCC(C(C)(C)C)O2.CC(C)c1ccc2oc(C(C)(C)C)cc(=O)c2c1. The number of fused-ring (bicyclic) bond motifs is 2. The molecule has 0 amide bonds. The third-order valence-electron chi connectivity index (χ3n) is 13.9. The van der Waals surface area contributed by atoms with Crippen molar-refractivity contribution in [3.8, 4) is 5.75 Å². The Kier molecular flexibility index (Phi) is 22.2. The quantitative estimate of drug-likeness (QED) is 0.176. The van der Waals surface area contributed by atoms with Gasteiger partial charge in [-0.3, -0.25) is 14.8 Å². The average molecular weight is 1020 g/mol. The fourth-order valence-corrected chi connectivity index (χ4v) is 8.12. The predicted molar refractivity (Wildman–Crippen MR) is 326 cm³/mol. The van der Waals surface area contributed by atoms with Gasteiger partial charge in [0, 0.05) is 40.7 Å². The minimum absolute atomic E-state index is 0.0451. The van der Waals surface area contributed by atoms with Crippen LogP contribution in [0.2, 0.25) is 0 Å². The van der Waals surface area contributed by atoms with E-state index in [0.29, 0.717) is 40.7 Å². The summed E-state index contributed by atoms with van der Waals surface area (Å²) in [5.41, 5.74) is 13.4. The second-order valence-electron chi connectivity index (χ2n) is 28.5. The molecule has 3 aromatic carbocycles. The molecule has 0 bridgehead atoms. The van der Waals surface area contributed by atoms with E-state index in [1.165, 1.54) is 44.6 Å². The Hall–Kier alpha value is -5.03. The van der Waals surface area contributed by atoms with Gasteiger partial charge in [0.1, 0.15) is 23.2 Å². The number of pyridine rings is 2. The van der Waals surface area contributed by atoms with Gasteiger partial charge in [0.15, 0.2) is 5.43 Å². The highest BCUT2D eigenvalue weighted by Gasteiger charge is 2.30. The zero-order valence-electron chi connectivity index (χ0n) is 52.2. The van der Waals surface area contributed by atoms with Crippen LogP contribution >= 0.6 is 0 Å². The first-order chi connectivity index (χ1) is 34.2. The van der Waals surface area contributed by atoms with Crippen molar-refractivity contribution in [1.82, 2.24) is 9.97 Å². The summed E-state index contributed by atoms with van der Waals surface area (Å²) >= 11 is 0. The van der Waals surface area contributed by atoms with Crippen LogP contribution in [0.5, 0.6) is 5.75 Å². The van der Waals surface area contributed by atoms with Gasteiger partial charge in [0.2, 0.25) is 0 Å². The molecule has 1 unspecified atom stereocenters. The van der Waals surface area contributed by atoms with Gasteiger partial charge in [-0.15, -0.1) is 0 Å². The van der Waals surface area contributed by atoms with Crippen molar-refractivity contribution in [1.29, 1.82) is 0 Å². The molecule has 7 rings (SSSR count). The lowest BCUT2D eigenvalue weighted by molar-refractivity contribution is 0.0674. The summed E-state index contributed by atoms with van der Waals surface area (Å²) in [7, 11) is 0. The number of rotatable bonds is 4. The molecular formula is C70H104N2O3. The fourth-order valence-electron chi connectivity index (χ4n) is 8.12. The van der Waals surface area contributed by atoms with Crippen LogP contribution in [0.4, 0.5) is 0 Å². The number of benzene rings is 3. The minimum Gasteiger partial charge on any atom is -0.490 e. The normalized spacial score (nSPS) is 14.1. The van der Waals surface area contributed by atoms with Crippen molar-refractivity contribution in [2.24, 2.45) is 5.41 Å². The molecule has 0 radical (unpaired) electrons. The lowest BCUT2D eigenvalue weighted by Crippen LogP contribution is -2.35. The van der Waals surface area contributed by atoms with Crippen LogP contribution in [0.1, 0.15) is 266 Å². The van der Waals surface area contributed by atoms with Gasteiger partial charge < -0.3 is 9.15 Å². The predicted octanol–water partition coefficient (Wildman–Crippen LogP) is 20.1. The number of aryl methyl sites for hydroxylation is 1. The van der Waals surface area contributed by atoms with E-state index in [4.69, 9.17) is 9.15 Å². The average Bonchev–Trinajstić information content (AvgIpc) is 3.30. The summed E-state index contributed by atoms with van der Waals surface area (Å²) < 4.78 is 12.0. The topological polar surface area (TPSA) is 65.2 Å². The molecule has 0 N–H and O–H groups in total. The molecule has 0 fully saturated rings. The largest absolute Gasteiger partial charge is 0.490 e. The molecule has 1 aliphatic rings. The van der Waals surface area contributed by atoms with Crippen LogP contribution in [0, 0.1) is 5.41 Å². The molecule has 0 spiro atoms. The molecule has 1 aliphatic heterocycles. The first-order valence-corrected chi connectivity index (χ1v) is 28.1. The molecule has 5 nitrogen and oxygen atoms in total. The zero-order valence-corrected chi connectivity index (χ0v) is 52.2. The molecule has 412 valence electrons. The summed E-state index contributed by atoms with van der Waals surface area (Å²) in [5, 5.41) is 0.675. The molecular weight excluding hydrogens is 917 g/mol. The van der Waals surface area contributed by atoms with E-state index in [-0.39, 0.29) is 37.9 Å². The van der Waals surface area contributed by atoms with E-state index in [2.05, 4.69) is 236 Å². The van der Waals surface area contributed by atoms with Gasteiger partial charge in [-0.1, -0.05) is 235 Å². The second kappa shape index (κ2) is 25.9. The minimum atomic E-state index is -0.149. The van der Waals surface area contributed by atoms with E-state index in [0.717, 1.165) is 30.0 Å². The third-order valence-corrected chi connectivity index (χ3v) is 13.9. The summed E-state index contributed by atoms with van der Waals surface area (Å²) in [6, 6.07) is 31.8. The summed E-state index contributed by atoms with van der Waals surface area (Å²) in [5.74, 6) is 4.00. The maximum Gasteiger partial charge on any atom is 0.192 e. The molecule has 1 atom stereocenters. The maximum absolute atomic E-state index is 12.2. The molecule has 0 saturated carbocycles. The van der Waals surface area contributed by atoms with Crippen LogP contribution < -0.4 is 10.2 Å². The van der Waals surface area contributed by atoms with Gasteiger partial charge in [0.05, 0.1) is 5.39 Å². The van der Waals surface area contributed by atoms with Gasteiger partial charge >= 0.3 is 0 Å². The number of ether oxygens (including phenoxy) is 1. The molecule has 0 aliphatic carbocycles. The van der Waals surface area contributed by atoms with Crippen molar-refractivity contribution < 1.29 is 9.15 Å². The monoisotopic (exact) mass is 1020 g/mol. The van der Waals surface area contributed by atoms with Gasteiger partial charge in [-0.2, -0.15) is 0 Å². The standard InChI is InChI=1S/C16H20O2.C16H24O.C13H21N.C13H20.C12H19N/c1-10(2)11-6-7-14-12(8-11)13(17)9-15(18-14)16(3,4)5;1-11(2)12-6-8-14-13(10-12)7-9-15(17-14)16(3,4)5;1-12(2,3)10-7-8-11(14-9-10)13(4,5)6;1-10(2)11-6-8-12(9-7-11)13(3,4)5;1-9(2)11-7-6-10(8-13-11)12(3,4)5/h6-10H,1-5H3;6,8,10-11,15H,7,9H2,1-5H3;7-9H,1-6H3;6-10H,1-5H3;6-9H,1-5H3. The van der Waals surface area contributed by atoms with Crippen molar-refractivity contribution in [3.63, 3.8) is 0 Å². The lowest BCUT2D eigenvalue weighted by Gasteiger charge is -2.35. The van der Waals surface area contributed by atoms with Crippen molar-refractivity contribution >= 4 is 11.0 Å². The Morgan fingerprint density at radius 1 is 0.467 bits per heavy atom. The smallest absolute Gasteiger partial charge is 0.192 e. The molecule has 5 heteroatoms. The molecule has 6 aromatic rings. The Morgan fingerprint density at radius 3 is 1.35 bits per heavy atom. The van der Waals surface area contributed by atoms with Crippen molar-refractivity contribution in [3.05, 3.63) is 170 Å². The summed E-state index contributed by atoms with van der Waals surface area (Å²) in [4.78, 5) is 21.1. The Balaban J connectivity index is 0.000000249. The summed E-state index contributed by atoms with van der Waals surface area (Å²) in [6.45, 7) is 56.9. The Labute approximate surface area is 458 Å². The molecule has 3 aromatic heterocycles. The van der Waals surface area contributed by atoms with Crippen LogP contribution in [-0.4, -0.2) is 16.1 Å². The second-order valence-corrected chi connectivity index (χ2v) is 28.5.